The van der Waals surface area contributed by atoms with Crippen LogP contribution in [0.5, 0.6) is 23.4 Å². The van der Waals surface area contributed by atoms with Gasteiger partial charge in [-0.25, -0.2) is 4.99 Å². The van der Waals surface area contributed by atoms with Crippen LogP contribution in [0.4, 0.5) is 17.2 Å². The van der Waals surface area contributed by atoms with Crippen molar-refractivity contribution in [3.63, 3.8) is 0 Å². The molecule has 0 aliphatic carbocycles. The predicted molar refractivity (Wildman–Crippen MR) is 138 cm³/mol. The number of ether oxygens (including phenoxy) is 2. The van der Waals surface area contributed by atoms with Crippen molar-refractivity contribution in [2.45, 2.75) is 18.9 Å². The molecule has 0 spiro atoms. The molecule has 15 nitrogen and oxygen atoms in total. The van der Waals surface area contributed by atoms with Gasteiger partial charge in [-0.1, -0.05) is 6.07 Å². The fraction of sp³-hybridized carbons (Fsp3) is 0.125. The number of nitrogens with two attached hydrogens (primary N) is 4. The van der Waals surface area contributed by atoms with Gasteiger partial charge >= 0.3 is 6.01 Å². The zero-order chi connectivity index (χ0) is 28.1. The summed E-state index contributed by atoms with van der Waals surface area (Å²) in [4.78, 5) is 48.3. The molecule has 3 aromatic rings. The molecule has 0 radical (unpaired) electrons. The van der Waals surface area contributed by atoms with Crippen molar-refractivity contribution in [2.75, 3.05) is 10.6 Å². The van der Waals surface area contributed by atoms with Crippen LogP contribution in [0.1, 0.15) is 28.8 Å². The Bertz CT molecular complexity index is 1540. The van der Waals surface area contributed by atoms with Crippen molar-refractivity contribution in [3.05, 3.63) is 53.6 Å². The Morgan fingerprint density at radius 2 is 1.82 bits per heavy atom. The van der Waals surface area contributed by atoms with E-state index in [-0.39, 0.29) is 64.8 Å². The molecular weight excluding hydrogens is 508 g/mol. The molecule has 15 heteroatoms. The monoisotopic (exact) mass is 530 g/mol. The molecule has 1 aromatic heterocycles. The second-order valence-corrected chi connectivity index (χ2v) is 8.15. The number of hydrogen-bond acceptors (Lipinski definition) is 10. The number of fused-ring (bicyclic) bond motifs is 1. The number of hydrogen-bond donors (Lipinski definition) is 6. The second-order valence-electron chi connectivity index (χ2n) is 8.15. The van der Waals surface area contributed by atoms with E-state index in [1.165, 1.54) is 24.3 Å². The number of nitrogens with zero attached hydrogens (tertiary/aromatic N) is 4. The SMILES string of the molecule is N#Cc1ccc(Oc2nc(Oc3cccc(N=C(N)N)c3)nc3c2NC(=O)C(CCC(N)=O)N3)cc1C(N)=O. The second kappa shape index (κ2) is 11.0. The number of amides is 3. The maximum absolute atomic E-state index is 12.7. The number of benzene rings is 2. The van der Waals surface area contributed by atoms with E-state index in [4.69, 9.17) is 32.4 Å². The molecule has 198 valence electrons. The maximum atomic E-state index is 12.7. The highest BCUT2D eigenvalue weighted by atomic mass is 16.5. The Morgan fingerprint density at radius 1 is 1.05 bits per heavy atom. The lowest BCUT2D eigenvalue weighted by molar-refractivity contribution is -0.119. The first-order valence-corrected chi connectivity index (χ1v) is 11.3. The molecule has 4 rings (SSSR count). The van der Waals surface area contributed by atoms with E-state index in [0.29, 0.717) is 5.69 Å². The summed E-state index contributed by atoms with van der Waals surface area (Å²) in [6, 6.07) is 11.3. The fourth-order valence-electron chi connectivity index (χ4n) is 3.56. The van der Waals surface area contributed by atoms with Crippen molar-refractivity contribution >= 4 is 40.9 Å². The average Bonchev–Trinajstić information content (AvgIpc) is 2.87. The number of rotatable bonds is 9. The minimum absolute atomic E-state index is 0.0447. The van der Waals surface area contributed by atoms with Crippen molar-refractivity contribution in [1.29, 1.82) is 5.26 Å². The number of aliphatic imine (C=N–C) groups is 1. The molecular formula is C24H22N10O5. The van der Waals surface area contributed by atoms with Gasteiger partial charge in [-0.05, 0) is 36.8 Å². The molecule has 0 bridgehead atoms. The van der Waals surface area contributed by atoms with Gasteiger partial charge in [0.25, 0.3) is 5.88 Å². The zero-order valence-electron chi connectivity index (χ0n) is 20.2. The van der Waals surface area contributed by atoms with E-state index in [1.54, 1.807) is 18.2 Å². The summed E-state index contributed by atoms with van der Waals surface area (Å²) in [5, 5.41) is 14.8. The summed E-state index contributed by atoms with van der Waals surface area (Å²) >= 11 is 0. The molecule has 2 aromatic carbocycles. The van der Waals surface area contributed by atoms with Gasteiger partial charge in [0.1, 0.15) is 23.2 Å². The van der Waals surface area contributed by atoms with Crippen LogP contribution in [-0.4, -0.2) is 39.7 Å². The Balaban J connectivity index is 1.74. The Kier molecular flexibility index (Phi) is 7.38. The van der Waals surface area contributed by atoms with Gasteiger partial charge in [0.15, 0.2) is 11.8 Å². The van der Waals surface area contributed by atoms with Crippen molar-refractivity contribution in [2.24, 2.45) is 27.9 Å². The highest BCUT2D eigenvalue weighted by Gasteiger charge is 2.31. The summed E-state index contributed by atoms with van der Waals surface area (Å²) in [6.07, 6.45) is 0.0616. The summed E-state index contributed by atoms with van der Waals surface area (Å²) < 4.78 is 11.7. The Labute approximate surface area is 220 Å². The smallest absolute Gasteiger partial charge is 0.327 e. The summed E-state index contributed by atoms with van der Waals surface area (Å²) in [5.74, 6) is -1.67. The molecule has 1 unspecified atom stereocenters. The minimum Gasteiger partial charge on any atom is -0.437 e. The van der Waals surface area contributed by atoms with Gasteiger partial charge in [0.05, 0.1) is 22.9 Å². The van der Waals surface area contributed by atoms with Crippen molar-refractivity contribution in [3.8, 4) is 29.5 Å². The number of nitriles is 1. The van der Waals surface area contributed by atoms with Gasteiger partial charge in [-0.3, -0.25) is 14.4 Å². The van der Waals surface area contributed by atoms with E-state index < -0.39 is 23.8 Å². The third-order valence-electron chi connectivity index (χ3n) is 5.29. The first-order valence-electron chi connectivity index (χ1n) is 11.3. The number of primary amides is 2. The molecule has 0 saturated heterocycles. The zero-order valence-corrected chi connectivity index (χ0v) is 20.2. The minimum atomic E-state index is -0.835. The van der Waals surface area contributed by atoms with Crippen molar-refractivity contribution < 1.29 is 23.9 Å². The van der Waals surface area contributed by atoms with Crippen LogP contribution in [0.3, 0.4) is 0 Å². The number of carbonyl (C=O) groups is 3. The van der Waals surface area contributed by atoms with Gasteiger partial charge in [-0.2, -0.15) is 15.2 Å². The first kappa shape index (κ1) is 26.2. The highest BCUT2D eigenvalue weighted by molar-refractivity contribution is 6.03. The van der Waals surface area contributed by atoms with Crippen LogP contribution in [0, 0.1) is 11.3 Å². The van der Waals surface area contributed by atoms with Gasteiger partial charge in [0, 0.05) is 12.5 Å². The van der Waals surface area contributed by atoms with E-state index in [0.717, 1.165) is 0 Å². The standard InChI is InChI=1S/C24H22N10O5/c25-10-11-4-5-14(9-15(11)19(27)36)38-22-18-20(31-16(21(37)32-18)6-7-17(26)35)33-24(34-22)39-13-3-1-2-12(8-13)30-23(28)29/h1-5,8-9,16H,6-7H2,(H2,26,35)(H2,27,36)(H,32,37)(H4,28,29,30)(H,31,33,34). The number of guanidine groups is 1. The third-order valence-corrected chi connectivity index (χ3v) is 5.29. The molecule has 3 amide bonds. The molecule has 1 atom stereocenters. The van der Waals surface area contributed by atoms with Crippen LogP contribution >= 0.6 is 0 Å². The molecule has 1 aliphatic heterocycles. The Morgan fingerprint density at radius 3 is 2.51 bits per heavy atom. The quantitative estimate of drug-likeness (QED) is 0.167. The number of nitrogens with one attached hydrogen (secondary N) is 2. The Hall–Kier alpha value is -5.91. The van der Waals surface area contributed by atoms with E-state index in [9.17, 15) is 19.6 Å². The molecule has 0 fully saturated rings. The fourth-order valence-corrected chi connectivity index (χ4v) is 3.56. The third kappa shape index (κ3) is 6.27. The maximum Gasteiger partial charge on any atom is 0.327 e. The van der Waals surface area contributed by atoms with E-state index in [1.807, 2.05) is 6.07 Å². The predicted octanol–water partition coefficient (Wildman–Crippen LogP) is 0.935. The largest absolute Gasteiger partial charge is 0.437 e. The van der Waals surface area contributed by atoms with E-state index >= 15 is 0 Å². The van der Waals surface area contributed by atoms with Crippen LogP contribution in [0.25, 0.3) is 0 Å². The lowest BCUT2D eigenvalue weighted by atomic mass is 10.1. The summed E-state index contributed by atoms with van der Waals surface area (Å²) in [6.45, 7) is 0. The number of carbonyl (C=O) groups excluding carboxylic acids is 3. The summed E-state index contributed by atoms with van der Waals surface area (Å²) in [5.41, 5.74) is 22.0. The average molecular weight is 531 g/mol. The van der Waals surface area contributed by atoms with Crippen molar-refractivity contribution in [1.82, 2.24) is 9.97 Å². The van der Waals surface area contributed by atoms with Gasteiger partial charge < -0.3 is 43.0 Å². The molecule has 10 N–H and O–H groups in total. The molecule has 2 heterocycles. The molecule has 1 aliphatic rings. The topological polar surface area (TPSA) is 260 Å². The van der Waals surface area contributed by atoms with E-state index in [2.05, 4.69) is 25.6 Å². The van der Waals surface area contributed by atoms with Crippen LogP contribution in [0.2, 0.25) is 0 Å². The lowest BCUT2D eigenvalue weighted by Gasteiger charge is -2.27. The van der Waals surface area contributed by atoms with Crippen LogP contribution in [0.15, 0.2) is 47.5 Å². The summed E-state index contributed by atoms with van der Waals surface area (Å²) in [7, 11) is 0. The van der Waals surface area contributed by atoms with Gasteiger partial charge in [-0.15, -0.1) is 0 Å². The lowest BCUT2D eigenvalue weighted by Crippen LogP contribution is -2.40. The first-order chi connectivity index (χ1) is 18.6. The molecule has 39 heavy (non-hydrogen) atoms. The normalized spacial score (nSPS) is 13.6. The number of aromatic nitrogens is 2. The van der Waals surface area contributed by atoms with Crippen LogP contribution < -0.4 is 43.0 Å². The van der Waals surface area contributed by atoms with Crippen LogP contribution in [-0.2, 0) is 9.59 Å². The van der Waals surface area contributed by atoms with Gasteiger partial charge in [0.2, 0.25) is 17.7 Å². The molecule has 0 saturated carbocycles. The highest BCUT2D eigenvalue weighted by Crippen LogP contribution is 2.39. The number of anilines is 2.